The lowest BCUT2D eigenvalue weighted by Gasteiger charge is -2.26. The van der Waals surface area contributed by atoms with E-state index < -0.39 is 0 Å². The second kappa shape index (κ2) is 3.51. The van der Waals surface area contributed by atoms with Crippen molar-refractivity contribution in [2.24, 2.45) is 11.8 Å². The number of amides is 1. The zero-order valence-electron chi connectivity index (χ0n) is 8.93. The van der Waals surface area contributed by atoms with Gasteiger partial charge in [0.05, 0.1) is 6.04 Å². The molecule has 3 rings (SSSR count). The van der Waals surface area contributed by atoms with Crippen molar-refractivity contribution in [3.8, 4) is 0 Å². The van der Waals surface area contributed by atoms with Crippen molar-refractivity contribution in [3.05, 3.63) is 24.3 Å². The molecule has 0 aromatic heterocycles. The fourth-order valence-corrected chi connectivity index (χ4v) is 3.36. The third-order valence-electron chi connectivity index (χ3n) is 4.08. The maximum atomic E-state index is 12.2. The first-order valence-corrected chi connectivity index (χ1v) is 6.02. The molecule has 3 unspecified atom stereocenters. The van der Waals surface area contributed by atoms with E-state index in [1.807, 2.05) is 0 Å². The Morgan fingerprint density at radius 1 is 1.20 bits per heavy atom. The molecule has 2 heteroatoms. The van der Waals surface area contributed by atoms with Crippen molar-refractivity contribution in [1.29, 1.82) is 0 Å². The van der Waals surface area contributed by atoms with Gasteiger partial charge in [0.25, 0.3) is 0 Å². The number of rotatable bonds is 0. The first-order chi connectivity index (χ1) is 7.38. The number of hydrogen-bond acceptors (Lipinski definition) is 1. The van der Waals surface area contributed by atoms with Gasteiger partial charge in [-0.15, -0.1) is 0 Å². The smallest absolute Gasteiger partial charge is 0.226 e. The van der Waals surface area contributed by atoms with Gasteiger partial charge in [-0.2, -0.15) is 0 Å². The van der Waals surface area contributed by atoms with Gasteiger partial charge in [-0.05, 0) is 18.8 Å². The molecule has 3 aliphatic rings. The molecule has 2 nitrogen and oxygen atoms in total. The highest BCUT2D eigenvalue weighted by Crippen LogP contribution is 2.42. The van der Waals surface area contributed by atoms with Crippen LogP contribution in [0.3, 0.4) is 0 Å². The Morgan fingerprint density at radius 3 is 3.00 bits per heavy atom. The molecule has 0 bridgehead atoms. The standard InChI is InChI=1S/C13H17NO/c15-13-11-7-4-3-6-10(11)12-8-2-1-5-9-14(12)13/h1-2,5,8,10-12H,3-4,6-7,9H2. The first-order valence-electron chi connectivity index (χ1n) is 6.02. The van der Waals surface area contributed by atoms with E-state index in [1.165, 1.54) is 19.3 Å². The Hall–Kier alpha value is -1.05. The Bertz CT molecular complexity index is 331. The van der Waals surface area contributed by atoms with Gasteiger partial charge in [-0.3, -0.25) is 4.79 Å². The summed E-state index contributed by atoms with van der Waals surface area (Å²) in [5.74, 6) is 1.34. The minimum absolute atomic E-state index is 0.333. The van der Waals surface area contributed by atoms with Crippen LogP contribution in [0.15, 0.2) is 24.3 Å². The van der Waals surface area contributed by atoms with Gasteiger partial charge in [-0.25, -0.2) is 0 Å². The van der Waals surface area contributed by atoms with Crippen molar-refractivity contribution in [1.82, 2.24) is 4.90 Å². The minimum atomic E-state index is 0.333. The molecule has 3 atom stereocenters. The summed E-state index contributed by atoms with van der Waals surface area (Å²) in [7, 11) is 0. The second-order valence-electron chi connectivity index (χ2n) is 4.85. The predicted octanol–water partition coefficient (Wildman–Crippen LogP) is 2.13. The van der Waals surface area contributed by atoms with Gasteiger partial charge in [0, 0.05) is 12.5 Å². The predicted molar refractivity (Wildman–Crippen MR) is 59.2 cm³/mol. The molecule has 0 N–H and O–H groups in total. The van der Waals surface area contributed by atoms with Gasteiger partial charge in [0.15, 0.2) is 0 Å². The highest BCUT2D eigenvalue weighted by Gasteiger charge is 2.46. The molecule has 1 saturated carbocycles. The molecule has 1 saturated heterocycles. The van der Waals surface area contributed by atoms with Crippen LogP contribution in [0.4, 0.5) is 0 Å². The molecule has 15 heavy (non-hydrogen) atoms. The number of hydrogen-bond donors (Lipinski definition) is 0. The van der Waals surface area contributed by atoms with Crippen LogP contribution >= 0.6 is 0 Å². The molecular weight excluding hydrogens is 186 g/mol. The molecule has 0 radical (unpaired) electrons. The zero-order valence-corrected chi connectivity index (χ0v) is 8.93. The van der Waals surface area contributed by atoms with E-state index in [0.29, 0.717) is 23.8 Å². The quantitative estimate of drug-likeness (QED) is 0.590. The van der Waals surface area contributed by atoms with Crippen LogP contribution in [0.25, 0.3) is 0 Å². The van der Waals surface area contributed by atoms with E-state index in [-0.39, 0.29) is 0 Å². The molecule has 2 aliphatic heterocycles. The summed E-state index contributed by atoms with van der Waals surface area (Å²) < 4.78 is 0. The molecule has 0 aromatic carbocycles. The molecule has 0 spiro atoms. The van der Waals surface area contributed by atoms with Crippen LogP contribution in [0.2, 0.25) is 0 Å². The fraction of sp³-hybridized carbons (Fsp3) is 0.615. The molecule has 80 valence electrons. The zero-order chi connectivity index (χ0) is 10.3. The molecule has 0 aromatic rings. The van der Waals surface area contributed by atoms with E-state index in [2.05, 4.69) is 29.2 Å². The number of nitrogens with zero attached hydrogens (tertiary/aromatic N) is 1. The largest absolute Gasteiger partial charge is 0.332 e. The molecular formula is C13H17NO. The van der Waals surface area contributed by atoms with Crippen LogP contribution in [-0.2, 0) is 4.79 Å². The molecule has 2 heterocycles. The fourth-order valence-electron chi connectivity index (χ4n) is 3.36. The Morgan fingerprint density at radius 2 is 2.07 bits per heavy atom. The van der Waals surface area contributed by atoms with Crippen LogP contribution < -0.4 is 0 Å². The SMILES string of the molecule is O=C1C2CCCCC2C2C=CC=CCN12. The Labute approximate surface area is 90.6 Å². The monoisotopic (exact) mass is 203 g/mol. The lowest BCUT2D eigenvalue weighted by molar-refractivity contribution is -0.131. The van der Waals surface area contributed by atoms with Gasteiger partial charge in [-0.1, -0.05) is 37.1 Å². The second-order valence-corrected chi connectivity index (χ2v) is 4.85. The Balaban J connectivity index is 1.92. The number of carbonyl (C=O) groups excluding carboxylic acids is 1. The van der Waals surface area contributed by atoms with E-state index >= 15 is 0 Å². The van der Waals surface area contributed by atoms with Crippen molar-refractivity contribution in [3.63, 3.8) is 0 Å². The van der Waals surface area contributed by atoms with Crippen molar-refractivity contribution >= 4 is 5.91 Å². The maximum absolute atomic E-state index is 12.2. The summed E-state index contributed by atoms with van der Waals surface area (Å²) in [6.45, 7) is 0.809. The average Bonchev–Trinajstić information content (AvgIpc) is 2.48. The van der Waals surface area contributed by atoms with E-state index in [9.17, 15) is 4.79 Å². The number of fused-ring (bicyclic) bond motifs is 3. The van der Waals surface area contributed by atoms with Crippen LogP contribution in [-0.4, -0.2) is 23.4 Å². The highest BCUT2D eigenvalue weighted by molar-refractivity contribution is 5.83. The topological polar surface area (TPSA) is 20.3 Å². The van der Waals surface area contributed by atoms with E-state index in [1.54, 1.807) is 0 Å². The van der Waals surface area contributed by atoms with Crippen molar-refractivity contribution < 1.29 is 4.79 Å². The summed E-state index contributed by atoms with van der Waals surface area (Å²) in [4.78, 5) is 14.3. The number of allylic oxidation sites excluding steroid dienone is 2. The van der Waals surface area contributed by atoms with Gasteiger partial charge in [0.2, 0.25) is 5.91 Å². The highest BCUT2D eigenvalue weighted by atomic mass is 16.2. The maximum Gasteiger partial charge on any atom is 0.226 e. The van der Waals surface area contributed by atoms with Crippen LogP contribution in [0.1, 0.15) is 25.7 Å². The summed E-state index contributed by atoms with van der Waals surface area (Å²) in [6.07, 6.45) is 13.4. The number of carbonyl (C=O) groups is 1. The Kier molecular flexibility index (Phi) is 2.15. The average molecular weight is 203 g/mol. The van der Waals surface area contributed by atoms with E-state index in [4.69, 9.17) is 0 Å². The van der Waals surface area contributed by atoms with E-state index in [0.717, 1.165) is 13.0 Å². The van der Waals surface area contributed by atoms with Crippen molar-refractivity contribution in [2.75, 3.05) is 6.54 Å². The molecule has 1 aliphatic carbocycles. The summed E-state index contributed by atoms with van der Waals surface area (Å²) in [5.41, 5.74) is 0. The molecule has 2 fully saturated rings. The minimum Gasteiger partial charge on any atom is -0.332 e. The third kappa shape index (κ3) is 1.35. The normalized spacial score (nSPS) is 38.8. The van der Waals surface area contributed by atoms with Crippen LogP contribution in [0.5, 0.6) is 0 Å². The summed E-state index contributed by atoms with van der Waals surface area (Å²) >= 11 is 0. The molecule has 1 amide bonds. The third-order valence-corrected chi connectivity index (χ3v) is 4.08. The van der Waals surface area contributed by atoms with Gasteiger partial charge in [0.1, 0.15) is 0 Å². The van der Waals surface area contributed by atoms with Crippen molar-refractivity contribution in [2.45, 2.75) is 31.7 Å². The first kappa shape index (κ1) is 9.20. The lowest BCUT2D eigenvalue weighted by Crippen LogP contribution is -2.33. The van der Waals surface area contributed by atoms with Gasteiger partial charge >= 0.3 is 0 Å². The summed E-state index contributed by atoms with van der Waals surface area (Å²) in [5, 5.41) is 0. The lowest BCUT2D eigenvalue weighted by atomic mass is 9.78. The van der Waals surface area contributed by atoms with Crippen LogP contribution in [0, 0.1) is 11.8 Å². The van der Waals surface area contributed by atoms with Gasteiger partial charge < -0.3 is 4.90 Å². The summed E-state index contributed by atoms with van der Waals surface area (Å²) in [6, 6.07) is 0.387.